The maximum atomic E-state index is 12.0. The van der Waals surface area contributed by atoms with E-state index < -0.39 is 0 Å². The van der Waals surface area contributed by atoms with E-state index in [-0.39, 0.29) is 18.5 Å². The number of esters is 1. The molecule has 0 saturated carbocycles. The molecule has 0 aliphatic heterocycles. The Kier molecular flexibility index (Phi) is 7.68. The second kappa shape index (κ2) is 10.6. The van der Waals surface area contributed by atoms with Gasteiger partial charge in [0.1, 0.15) is 5.75 Å². The molecule has 0 saturated heterocycles. The number of carbonyl (C=O) groups excluding carboxylic acids is 2. The highest BCUT2D eigenvalue weighted by atomic mass is 35.5. The molecule has 2 aromatic carbocycles. The molecule has 7 nitrogen and oxygen atoms in total. The zero-order valence-corrected chi connectivity index (χ0v) is 18.8. The summed E-state index contributed by atoms with van der Waals surface area (Å²) in [6, 6.07) is 15.9. The number of benzene rings is 2. The van der Waals surface area contributed by atoms with Crippen LogP contribution in [0.1, 0.15) is 34.2 Å². The molecule has 1 amide bonds. The van der Waals surface area contributed by atoms with E-state index in [1.807, 2.05) is 36.6 Å². The lowest BCUT2D eigenvalue weighted by Gasteiger charge is -2.10. The molecule has 1 aromatic heterocycles. The summed E-state index contributed by atoms with van der Waals surface area (Å²) in [7, 11) is 0. The van der Waals surface area contributed by atoms with Crippen LogP contribution < -0.4 is 10.2 Å². The van der Waals surface area contributed by atoms with E-state index in [2.05, 4.69) is 10.5 Å². The predicted octanol–water partition coefficient (Wildman–Crippen LogP) is 4.45. The first-order valence-corrected chi connectivity index (χ1v) is 10.4. The van der Waals surface area contributed by atoms with Gasteiger partial charge >= 0.3 is 5.97 Å². The number of rotatable bonds is 8. The van der Waals surface area contributed by atoms with Crippen LogP contribution in [0.3, 0.4) is 0 Å². The van der Waals surface area contributed by atoms with Crippen LogP contribution in [0.15, 0.2) is 59.7 Å². The van der Waals surface area contributed by atoms with Gasteiger partial charge in [0.05, 0.1) is 18.4 Å². The number of hydrogen-bond acceptors (Lipinski definition) is 5. The summed E-state index contributed by atoms with van der Waals surface area (Å²) in [5.41, 5.74) is 6.67. The molecule has 1 heterocycles. The smallest absolute Gasteiger partial charge is 0.338 e. The molecular formula is C24H24ClN3O4. The highest BCUT2D eigenvalue weighted by Gasteiger charge is 2.11. The molecule has 0 atom stereocenters. The molecule has 0 spiro atoms. The van der Waals surface area contributed by atoms with E-state index in [1.165, 1.54) is 0 Å². The van der Waals surface area contributed by atoms with Crippen molar-refractivity contribution in [2.45, 2.75) is 20.8 Å². The van der Waals surface area contributed by atoms with Crippen molar-refractivity contribution in [2.24, 2.45) is 5.10 Å². The highest BCUT2D eigenvalue weighted by Crippen LogP contribution is 2.20. The molecule has 0 aliphatic rings. The second-order valence-corrected chi connectivity index (χ2v) is 7.40. The van der Waals surface area contributed by atoms with E-state index in [9.17, 15) is 9.59 Å². The minimum absolute atomic E-state index is 0.162. The summed E-state index contributed by atoms with van der Waals surface area (Å²) >= 11 is 5.82. The monoisotopic (exact) mass is 453 g/mol. The largest absolute Gasteiger partial charge is 0.484 e. The van der Waals surface area contributed by atoms with Crippen LogP contribution in [-0.2, 0) is 9.53 Å². The normalized spacial score (nSPS) is 10.9. The number of aromatic nitrogens is 1. The molecule has 0 bridgehead atoms. The highest BCUT2D eigenvalue weighted by molar-refractivity contribution is 6.30. The molecule has 1 N–H and O–H groups in total. The third-order valence-corrected chi connectivity index (χ3v) is 4.94. The van der Waals surface area contributed by atoms with Crippen molar-refractivity contribution < 1.29 is 19.1 Å². The number of amides is 1. The Labute approximate surface area is 191 Å². The summed E-state index contributed by atoms with van der Waals surface area (Å²) in [6.07, 6.45) is 1.59. The Balaban J connectivity index is 1.62. The number of carbonyl (C=O) groups is 2. The number of hydrogen-bond donors (Lipinski definition) is 1. The van der Waals surface area contributed by atoms with Crippen molar-refractivity contribution in [1.82, 2.24) is 9.99 Å². The standard InChI is InChI=1S/C24H24ClN3O4/c1-4-31-24(30)18-5-9-21(10-6-18)28-16(2)13-19(17(28)3)14-26-27-23(29)15-32-22-11-7-20(25)8-12-22/h5-14H,4,15H2,1-3H3,(H,27,29)/b26-14-. The number of ether oxygens (including phenoxy) is 2. The Bertz CT molecular complexity index is 1120. The molecule has 3 aromatic rings. The average Bonchev–Trinajstić information content (AvgIpc) is 3.06. The third kappa shape index (κ3) is 5.76. The van der Waals surface area contributed by atoms with E-state index >= 15 is 0 Å². The van der Waals surface area contributed by atoms with Crippen molar-refractivity contribution in [1.29, 1.82) is 0 Å². The van der Waals surface area contributed by atoms with Gasteiger partial charge in [0.2, 0.25) is 0 Å². The van der Waals surface area contributed by atoms with Crippen LogP contribution in [-0.4, -0.2) is 35.9 Å². The van der Waals surface area contributed by atoms with Gasteiger partial charge in [-0.25, -0.2) is 10.2 Å². The zero-order chi connectivity index (χ0) is 23.1. The van der Waals surface area contributed by atoms with Crippen LogP contribution in [0, 0.1) is 13.8 Å². The molecule has 0 unspecified atom stereocenters. The lowest BCUT2D eigenvalue weighted by molar-refractivity contribution is -0.123. The van der Waals surface area contributed by atoms with Crippen molar-refractivity contribution in [2.75, 3.05) is 13.2 Å². The number of nitrogens with zero attached hydrogens (tertiary/aromatic N) is 2. The quantitative estimate of drug-likeness (QED) is 0.310. The number of halogens is 1. The molecular weight excluding hydrogens is 430 g/mol. The zero-order valence-electron chi connectivity index (χ0n) is 18.1. The van der Waals surface area contributed by atoms with Crippen molar-refractivity contribution in [3.63, 3.8) is 0 Å². The molecule has 0 fully saturated rings. The summed E-state index contributed by atoms with van der Waals surface area (Å²) < 4.78 is 12.5. The molecule has 166 valence electrons. The average molecular weight is 454 g/mol. The Morgan fingerprint density at radius 1 is 1.09 bits per heavy atom. The summed E-state index contributed by atoms with van der Waals surface area (Å²) in [5.74, 6) is -0.172. The SMILES string of the molecule is CCOC(=O)c1ccc(-n2c(C)cc(/C=N\NC(=O)COc3ccc(Cl)cc3)c2C)cc1. The van der Waals surface area contributed by atoms with E-state index in [1.54, 1.807) is 49.5 Å². The van der Waals surface area contributed by atoms with Crippen molar-refractivity contribution >= 4 is 29.7 Å². The van der Waals surface area contributed by atoms with Gasteiger partial charge in [-0.3, -0.25) is 4.79 Å². The Hall–Kier alpha value is -3.58. The van der Waals surface area contributed by atoms with Crippen LogP contribution in [0.25, 0.3) is 5.69 Å². The number of aryl methyl sites for hydroxylation is 1. The second-order valence-electron chi connectivity index (χ2n) is 6.96. The molecule has 0 aliphatic carbocycles. The molecule has 8 heteroatoms. The van der Waals surface area contributed by atoms with Crippen LogP contribution in [0.5, 0.6) is 5.75 Å². The topological polar surface area (TPSA) is 81.9 Å². The first kappa shape index (κ1) is 23.1. The minimum atomic E-state index is -0.375. The van der Waals surface area contributed by atoms with Gasteiger partial charge in [-0.1, -0.05) is 11.6 Å². The predicted molar refractivity (Wildman–Crippen MR) is 124 cm³/mol. The molecule has 0 radical (unpaired) electrons. The van der Waals surface area contributed by atoms with Gasteiger partial charge in [-0.05, 0) is 75.4 Å². The third-order valence-electron chi connectivity index (χ3n) is 4.68. The Morgan fingerprint density at radius 2 is 1.78 bits per heavy atom. The van der Waals surface area contributed by atoms with E-state index in [4.69, 9.17) is 21.1 Å². The van der Waals surface area contributed by atoms with Crippen LogP contribution in [0.2, 0.25) is 5.02 Å². The number of nitrogens with one attached hydrogen (secondary N) is 1. The number of hydrazone groups is 1. The fraction of sp³-hybridized carbons (Fsp3) is 0.208. The van der Waals surface area contributed by atoms with Gasteiger partial charge in [0.25, 0.3) is 5.91 Å². The van der Waals surface area contributed by atoms with Crippen LogP contribution >= 0.6 is 11.6 Å². The fourth-order valence-corrected chi connectivity index (χ4v) is 3.29. The van der Waals surface area contributed by atoms with E-state index in [0.717, 1.165) is 22.6 Å². The van der Waals surface area contributed by atoms with Gasteiger partial charge < -0.3 is 14.0 Å². The van der Waals surface area contributed by atoms with Gasteiger partial charge in [-0.15, -0.1) is 0 Å². The van der Waals surface area contributed by atoms with E-state index in [0.29, 0.717) is 22.9 Å². The minimum Gasteiger partial charge on any atom is -0.484 e. The maximum absolute atomic E-state index is 12.0. The van der Waals surface area contributed by atoms with Gasteiger partial charge in [0.15, 0.2) is 6.61 Å². The molecule has 32 heavy (non-hydrogen) atoms. The lowest BCUT2D eigenvalue weighted by Crippen LogP contribution is -2.24. The van der Waals surface area contributed by atoms with Crippen LogP contribution in [0.4, 0.5) is 0 Å². The molecule has 3 rings (SSSR count). The van der Waals surface area contributed by atoms with Gasteiger partial charge in [-0.2, -0.15) is 5.10 Å². The maximum Gasteiger partial charge on any atom is 0.338 e. The Morgan fingerprint density at radius 3 is 2.44 bits per heavy atom. The first-order valence-electron chi connectivity index (χ1n) is 10.1. The van der Waals surface area contributed by atoms with Crippen molar-refractivity contribution in [3.8, 4) is 11.4 Å². The summed E-state index contributed by atoms with van der Waals surface area (Å²) in [6.45, 7) is 5.88. The fourth-order valence-electron chi connectivity index (χ4n) is 3.16. The summed E-state index contributed by atoms with van der Waals surface area (Å²) in [5, 5.41) is 4.63. The van der Waals surface area contributed by atoms with Gasteiger partial charge in [0, 0.05) is 27.7 Å². The summed E-state index contributed by atoms with van der Waals surface area (Å²) in [4.78, 5) is 23.8. The first-order chi connectivity index (χ1) is 15.4. The lowest BCUT2D eigenvalue weighted by atomic mass is 10.2. The van der Waals surface area contributed by atoms with Crippen molar-refractivity contribution in [3.05, 3.63) is 82.1 Å².